The fraction of sp³-hybridized carbons (Fsp3) is 0.286. The zero-order valence-corrected chi connectivity index (χ0v) is 15.6. The second-order valence-corrected chi connectivity index (χ2v) is 7.65. The van der Waals surface area contributed by atoms with Crippen LogP contribution < -0.4 is 5.32 Å². The van der Waals surface area contributed by atoms with Gasteiger partial charge in [0.15, 0.2) is 0 Å². The second kappa shape index (κ2) is 6.09. The molecule has 0 saturated carbocycles. The molecule has 1 aliphatic rings. The van der Waals surface area contributed by atoms with Crippen molar-refractivity contribution in [2.75, 3.05) is 11.9 Å². The predicted octanol–water partition coefficient (Wildman–Crippen LogP) is 4.87. The van der Waals surface area contributed by atoms with Gasteiger partial charge in [0, 0.05) is 22.9 Å². The molecule has 5 nitrogen and oxygen atoms in total. The third-order valence-electron chi connectivity index (χ3n) is 4.44. The van der Waals surface area contributed by atoms with Crippen molar-refractivity contribution in [3.8, 4) is 22.6 Å². The van der Waals surface area contributed by atoms with E-state index in [2.05, 4.69) is 54.3 Å². The van der Waals surface area contributed by atoms with Gasteiger partial charge in [-0.1, -0.05) is 32.9 Å². The van der Waals surface area contributed by atoms with Crippen LogP contribution in [0.5, 0.6) is 0 Å². The molecule has 26 heavy (non-hydrogen) atoms. The molecule has 0 atom stereocenters. The number of fused-ring (bicyclic) bond motifs is 1. The largest absolute Gasteiger partial charge is 0.378 e. The number of imidazole rings is 1. The molecule has 2 N–H and O–H groups in total. The van der Waals surface area contributed by atoms with Gasteiger partial charge in [0.1, 0.15) is 5.82 Å². The minimum absolute atomic E-state index is 0.0786. The number of benzene rings is 1. The van der Waals surface area contributed by atoms with Gasteiger partial charge in [-0.15, -0.1) is 0 Å². The molecule has 3 aromatic rings. The Morgan fingerprint density at radius 2 is 1.88 bits per heavy atom. The van der Waals surface area contributed by atoms with Crippen molar-refractivity contribution in [2.45, 2.75) is 33.1 Å². The van der Waals surface area contributed by atoms with Crippen LogP contribution in [-0.2, 0) is 5.41 Å². The molecule has 132 valence electrons. The molecule has 0 amide bonds. The van der Waals surface area contributed by atoms with Crippen molar-refractivity contribution in [1.29, 1.82) is 0 Å². The highest BCUT2D eigenvalue weighted by Gasteiger charge is 2.23. The first-order valence-corrected chi connectivity index (χ1v) is 8.87. The lowest BCUT2D eigenvalue weighted by Gasteiger charge is -2.14. The van der Waals surface area contributed by atoms with Crippen LogP contribution in [0.1, 0.15) is 32.3 Å². The maximum atomic E-state index is 4.94. The maximum absolute atomic E-state index is 4.94. The highest BCUT2D eigenvalue weighted by Crippen LogP contribution is 2.37. The van der Waals surface area contributed by atoms with Gasteiger partial charge in [-0.2, -0.15) is 0 Å². The second-order valence-electron chi connectivity index (χ2n) is 7.65. The van der Waals surface area contributed by atoms with E-state index in [1.807, 2.05) is 31.3 Å². The van der Waals surface area contributed by atoms with E-state index in [0.29, 0.717) is 0 Å². The highest BCUT2D eigenvalue weighted by atomic mass is 15.0. The summed E-state index contributed by atoms with van der Waals surface area (Å²) in [6.07, 6.45) is 1.89. The highest BCUT2D eigenvalue weighted by molar-refractivity contribution is 5.86. The van der Waals surface area contributed by atoms with Crippen molar-refractivity contribution < 1.29 is 0 Å². The molecule has 0 radical (unpaired) electrons. The van der Waals surface area contributed by atoms with Crippen LogP contribution in [0.15, 0.2) is 41.4 Å². The van der Waals surface area contributed by atoms with Gasteiger partial charge < -0.3 is 10.3 Å². The zero-order valence-electron chi connectivity index (χ0n) is 15.6. The Bertz CT molecular complexity index is 992. The summed E-state index contributed by atoms with van der Waals surface area (Å²) >= 11 is 0. The Balaban J connectivity index is 1.90. The molecule has 0 fully saturated rings. The topological polar surface area (TPSA) is 66.0 Å². The summed E-state index contributed by atoms with van der Waals surface area (Å²) in [4.78, 5) is 17.7. The number of aryl methyl sites for hydroxylation is 1. The third kappa shape index (κ3) is 3.01. The minimum Gasteiger partial charge on any atom is -0.378 e. The molecule has 0 aliphatic carbocycles. The zero-order chi connectivity index (χ0) is 18.3. The number of nitrogens with one attached hydrogen (secondary N) is 2. The molecule has 0 unspecified atom stereocenters. The van der Waals surface area contributed by atoms with Gasteiger partial charge in [0.2, 0.25) is 0 Å². The van der Waals surface area contributed by atoms with Crippen molar-refractivity contribution in [3.63, 3.8) is 0 Å². The number of pyridine rings is 1. The number of H-pyrrole nitrogens is 1. The van der Waals surface area contributed by atoms with Crippen LogP contribution in [0.4, 0.5) is 11.4 Å². The van der Waals surface area contributed by atoms with E-state index >= 15 is 0 Å². The first-order chi connectivity index (χ1) is 12.4. The van der Waals surface area contributed by atoms with Crippen molar-refractivity contribution in [3.05, 3.63) is 47.9 Å². The van der Waals surface area contributed by atoms with Gasteiger partial charge in [-0.25, -0.2) is 4.98 Å². The van der Waals surface area contributed by atoms with Crippen LogP contribution in [0.25, 0.3) is 22.6 Å². The number of hydrogen-bond donors (Lipinski definition) is 2. The van der Waals surface area contributed by atoms with Gasteiger partial charge in [-0.3, -0.25) is 9.98 Å². The SMILES string of the molecule is Cc1cccc(-c2[nH]c(C(C)(C)C)nc2-c2ccc3c(c2)N=CCN3)n1. The number of hydrogen-bond acceptors (Lipinski definition) is 4. The normalized spacial score (nSPS) is 13.4. The monoisotopic (exact) mass is 345 g/mol. The van der Waals surface area contributed by atoms with E-state index in [4.69, 9.17) is 9.97 Å². The van der Waals surface area contributed by atoms with Crippen LogP contribution >= 0.6 is 0 Å². The number of rotatable bonds is 2. The molecular formula is C21H23N5. The van der Waals surface area contributed by atoms with Gasteiger partial charge in [0.05, 0.1) is 35.0 Å². The van der Waals surface area contributed by atoms with Gasteiger partial charge >= 0.3 is 0 Å². The average molecular weight is 345 g/mol. The molecule has 3 heterocycles. The summed E-state index contributed by atoms with van der Waals surface area (Å²) in [5.74, 6) is 0.949. The molecule has 0 spiro atoms. The van der Waals surface area contributed by atoms with Crippen molar-refractivity contribution >= 4 is 17.6 Å². The summed E-state index contributed by atoms with van der Waals surface area (Å²) in [5, 5.41) is 3.33. The summed E-state index contributed by atoms with van der Waals surface area (Å²) in [5.41, 5.74) is 6.71. The lowest BCUT2D eigenvalue weighted by molar-refractivity contribution is 0.553. The van der Waals surface area contributed by atoms with E-state index in [-0.39, 0.29) is 5.41 Å². The number of nitrogens with zero attached hydrogens (tertiary/aromatic N) is 3. The van der Waals surface area contributed by atoms with E-state index in [0.717, 1.165) is 52.1 Å². The molecule has 0 saturated heterocycles. The Labute approximate surface area is 153 Å². The molecule has 0 bridgehead atoms. The fourth-order valence-electron chi connectivity index (χ4n) is 3.04. The first kappa shape index (κ1) is 16.5. The van der Waals surface area contributed by atoms with Gasteiger partial charge in [0.25, 0.3) is 0 Å². The number of aliphatic imine (C=N–C) groups is 1. The van der Waals surface area contributed by atoms with E-state index in [9.17, 15) is 0 Å². The van der Waals surface area contributed by atoms with Crippen LogP contribution in [0, 0.1) is 6.92 Å². The summed E-state index contributed by atoms with van der Waals surface area (Å²) in [6.45, 7) is 9.24. The number of anilines is 1. The van der Waals surface area contributed by atoms with E-state index < -0.39 is 0 Å². The Hall–Kier alpha value is -2.95. The van der Waals surface area contributed by atoms with E-state index in [1.54, 1.807) is 0 Å². The Morgan fingerprint density at radius 1 is 1.04 bits per heavy atom. The van der Waals surface area contributed by atoms with E-state index in [1.165, 1.54) is 0 Å². The summed E-state index contributed by atoms with van der Waals surface area (Å²) < 4.78 is 0. The van der Waals surface area contributed by atoms with Crippen molar-refractivity contribution in [2.24, 2.45) is 4.99 Å². The third-order valence-corrected chi connectivity index (χ3v) is 4.44. The Kier molecular flexibility index (Phi) is 3.87. The molecule has 1 aromatic carbocycles. The molecule has 5 heteroatoms. The molecule has 4 rings (SSSR count). The number of aromatic nitrogens is 3. The number of aromatic amines is 1. The van der Waals surface area contributed by atoms with Crippen molar-refractivity contribution in [1.82, 2.24) is 15.0 Å². The quantitative estimate of drug-likeness (QED) is 0.696. The minimum atomic E-state index is -0.0786. The fourth-order valence-corrected chi connectivity index (χ4v) is 3.04. The standard InChI is InChI=1S/C21H23N5/c1-13-6-5-7-16(24-13)19-18(25-20(26-19)21(2,3)4)14-8-9-15-17(12-14)23-11-10-22-15/h5-9,11-12,22H,10H2,1-4H3,(H,25,26). The van der Waals surface area contributed by atoms with Crippen LogP contribution in [-0.4, -0.2) is 27.7 Å². The Morgan fingerprint density at radius 3 is 2.65 bits per heavy atom. The predicted molar refractivity (Wildman–Crippen MR) is 107 cm³/mol. The van der Waals surface area contributed by atoms with Crippen LogP contribution in [0.3, 0.4) is 0 Å². The van der Waals surface area contributed by atoms with Crippen LogP contribution in [0.2, 0.25) is 0 Å². The lowest BCUT2D eigenvalue weighted by atomic mass is 9.96. The van der Waals surface area contributed by atoms with Gasteiger partial charge in [-0.05, 0) is 31.2 Å². The lowest BCUT2D eigenvalue weighted by Crippen LogP contribution is -2.13. The first-order valence-electron chi connectivity index (χ1n) is 8.87. The molecule has 2 aromatic heterocycles. The summed E-state index contributed by atoms with van der Waals surface area (Å²) in [6, 6.07) is 12.3. The molecular weight excluding hydrogens is 322 g/mol. The smallest absolute Gasteiger partial charge is 0.112 e. The maximum Gasteiger partial charge on any atom is 0.112 e. The molecule has 1 aliphatic heterocycles. The average Bonchev–Trinajstić information content (AvgIpc) is 3.07. The summed E-state index contributed by atoms with van der Waals surface area (Å²) in [7, 11) is 0.